The third-order valence-corrected chi connectivity index (χ3v) is 4.22. The fourth-order valence-electron chi connectivity index (χ4n) is 2.78. The lowest BCUT2D eigenvalue weighted by atomic mass is 10.1. The quantitative estimate of drug-likeness (QED) is 0.427. The molecule has 0 radical (unpaired) electrons. The van der Waals surface area contributed by atoms with Crippen LogP contribution in [0.3, 0.4) is 0 Å². The van der Waals surface area contributed by atoms with E-state index in [0.717, 1.165) is 16.7 Å². The zero-order valence-electron chi connectivity index (χ0n) is 17.0. The van der Waals surface area contributed by atoms with Crippen molar-refractivity contribution in [3.05, 3.63) is 78.4 Å². The highest BCUT2D eigenvalue weighted by atomic mass is 16.5. The van der Waals surface area contributed by atoms with E-state index in [1.807, 2.05) is 67.6 Å². The summed E-state index contributed by atoms with van der Waals surface area (Å²) < 4.78 is 16.3. The van der Waals surface area contributed by atoms with Crippen LogP contribution in [-0.4, -0.2) is 32.4 Å². The molecular formula is C24H24N2O4. The number of hydrogen-bond acceptors (Lipinski definition) is 5. The molecular weight excluding hydrogens is 380 g/mol. The second-order valence-electron chi connectivity index (χ2n) is 6.32. The molecule has 0 fully saturated rings. The standard InChI is InChI=1S/C24H24N2O4/c1-3-29-23-15-18(9-14-22(23)28-2)16-25-26-24(27)17-30-21-12-10-20(11-13-21)19-7-5-4-6-8-19/h4-16H,3,17H2,1-2H3,(H,26,27)/b25-16-. The van der Waals surface area contributed by atoms with Gasteiger partial charge in [0.2, 0.25) is 0 Å². The van der Waals surface area contributed by atoms with Gasteiger partial charge < -0.3 is 14.2 Å². The number of carbonyl (C=O) groups is 1. The van der Waals surface area contributed by atoms with Crippen molar-refractivity contribution in [2.75, 3.05) is 20.3 Å². The molecule has 0 saturated carbocycles. The Bertz CT molecular complexity index is 986. The smallest absolute Gasteiger partial charge is 0.277 e. The molecule has 0 aromatic heterocycles. The summed E-state index contributed by atoms with van der Waals surface area (Å²) in [5.41, 5.74) is 5.44. The van der Waals surface area contributed by atoms with Gasteiger partial charge in [0, 0.05) is 0 Å². The van der Waals surface area contributed by atoms with Gasteiger partial charge in [-0.2, -0.15) is 5.10 Å². The molecule has 3 aromatic carbocycles. The van der Waals surface area contributed by atoms with Crippen LogP contribution < -0.4 is 19.6 Å². The van der Waals surface area contributed by atoms with E-state index < -0.39 is 0 Å². The molecule has 3 rings (SSSR count). The van der Waals surface area contributed by atoms with Gasteiger partial charge >= 0.3 is 0 Å². The van der Waals surface area contributed by atoms with Crippen LogP contribution in [0.25, 0.3) is 11.1 Å². The molecule has 0 unspecified atom stereocenters. The average molecular weight is 404 g/mol. The zero-order valence-corrected chi connectivity index (χ0v) is 17.0. The monoisotopic (exact) mass is 404 g/mol. The maximum absolute atomic E-state index is 12.0. The van der Waals surface area contributed by atoms with Crippen molar-refractivity contribution in [1.82, 2.24) is 5.43 Å². The lowest BCUT2D eigenvalue weighted by Gasteiger charge is -2.09. The van der Waals surface area contributed by atoms with Crippen molar-refractivity contribution in [3.63, 3.8) is 0 Å². The number of ether oxygens (including phenoxy) is 3. The van der Waals surface area contributed by atoms with E-state index in [9.17, 15) is 4.79 Å². The van der Waals surface area contributed by atoms with Crippen molar-refractivity contribution >= 4 is 12.1 Å². The fraction of sp³-hybridized carbons (Fsp3) is 0.167. The van der Waals surface area contributed by atoms with Crippen LogP contribution in [0.15, 0.2) is 77.9 Å². The zero-order chi connectivity index (χ0) is 21.2. The fourth-order valence-corrected chi connectivity index (χ4v) is 2.78. The van der Waals surface area contributed by atoms with Crippen LogP contribution in [0.5, 0.6) is 17.2 Å². The van der Waals surface area contributed by atoms with Gasteiger partial charge in [0.05, 0.1) is 19.9 Å². The predicted octanol–water partition coefficient (Wildman–Crippen LogP) is 4.29. The van der Waals surface area contributed by atoms with E-state index in [0.29, 0.717) is 23.9 Å². The molecule has 0 saturated heterocycles. The number of amides is 1. The summed E-state index contributed by atoms with van der Waals surface area (Å²) in [6, 6.07) is 23.1. The second kappa shape index (κ2) is 10.7. The van der Waals surface area contributed by atoms with E-state index in [4.69, 9.17) is 14.2 Å². The highest BCUT2D eigenvalue weighted by Gasteiger charge is 2.05. The molecule has 6 heteroatoms. The summed E-state index contributed by atoms with van der Waals surface area (Å²) in [5.74, 6) is 1.53. The van der Waals surface area contributed by atoms with Gasteiger partial charge in [0.1, 0.15) is 5.75 Å². The van der Waals surface area contributed by atoms with E-state index in [1.165, 1.54) is 6.21 Å². The highest BCUT2D eigenvalue weighted by molar-refractivity contribution is 5.83. The van der Waals surface area contributed by atoms with Gasteiger partial charge in [-0.1, -0.05) is 42.5 Å². The number of hydrazone groups is 1. The van der Waals surface area contributed by atoms with Crippen LogP contribution in [0.4, 0.5) is 0 Å². The van der Waals surface area contributed by atoms with Gasteiger partial charge in [0.25, 0.3) is 5.91 Å². The molecule has 0 atom stereocenters. The Morgan fingerprint density at radius 2 is 1.67 bits per heavy atom. The molecule has 0 aliphatic carbocycles. The molecule has 1 amide bonds. The number of benzene rings is 3. The van der Waals surface area contributed by atoms with Crippen molar-refractivity contribution in [2.24, 2.45) is 5.10 Å². The molecule has 6 nitrogen and oxygen atoms in total. The first-order valence-corrected chi connectivity index (χ1v) is 9.60. The SMILES string of the molecule is CCOc1cc(/C=N\NC(=O)COc2ccc(-c3ccccc3)cc2)ccc1OC. The summed E-state index contributed by atoms with van der Waals surface area (Å²) >= 11 is 0. The summed E-state index contributed by atoms with van der Waals surface area (Å²) in [5, 5.41) is 3.96. The Morgan fingerprint density at radius 1 is 0.933 bits per heavy atom. The largest absolute Gasteiger partial charge is 0.493 e. The van der Waals surface area contributed by atoms with Crippen molar-refractivity contribution in [3.8, 4) is 28.4 Å². The Balaban J connectivity index is 1.49. The molecule has 0 spiro atoms. The number of carbonyl (C=O) groups excluding carboxylic acids is 1. The first-order valence-electron chi connectivity index (χ1n) is 9.60. The van der Waals surface area contributed by atoms with Crippen molar-refractivity contribution in [2.45, 2.75) is 6.92 Å². The van der Waals surface area contributed by atoms with Crippen molar-refractivity contribution < 1.29 is 19.0 Å². The number of hydrogen-bond donors (Lipinski definition) is 1. The number of methoxy groups -OCH3 is 1. The summed E-state index contributed by atoms with van der Waals surface area (Å²) in [6.07, 6.45) is 1.54. The van der Waals surface area contributed by atoms with Gasteiger partial charge in [-0.3, -0.25) is 4.79 Å². The van der Waals surface area contributed by atoms with Crippen LogP contribution in [0, 0.1) is 0 Å². The number of nitrogens with zero attached hydrogens (tertiary/aromatic N) is 1. The summed E-state index contributed by atoms with van der Waals surface area (Å²) in [4.78, 5) is 12.0. The minimum absolute atomic E-state index is 0.130. The average Bonchev–Trinajstić information content (AvgIpc) is 2.79. The van der Waals surface area contributed by atoms with E-state index in [1.54, 1.807) is 19.2 Å². The molecule has 1 N–H and O–H groups in total. The van der Waals surface area contributed by atoms with Gasteiger partial charge in [-0.15, -0.1) is 0 Å². The summed E-state index contributed by atoms with van der Waals surface area (Å²) in [6.45, 7) is 2.29. The Morgan fingerprint density at radius 3 is 2.37 bits per heavy atom. The Kier molecular flexibility index (Phi) is 7.44. The maximum atomic E-state index is 12.0. The minimum Gasteiger partial charge on any atom is -0.493 e. The summed E-state index contributed by atoms with van der Waals surface area (Å²) in [7, 11) is 1.58. The number of rotatable bonds is 9. The predicted molar refractivity (Wildman–Crippen MR) is 117 cm³/mol. The third kappa shape index (κ3) is 5.85. The topological polar surface area (TPSA) is 69.2 Å². The third-order valence-electron chi connectivity index (χ3n) is 4.22. The molecule has 30 heavy (non-hydrogen) atoms. The first kappa shape index (κ1) is 20.9. The van der Waals surface area contributed by atoms with E-state index >= 15 is 0 Å². The molecule has 0 bridgehead atoms. The number of nitrogens with one attached hydrogen (secondary N) is 1. The van der Waals surface area contributed by atoms with Gasteiger partial charge in [-0.25, -0.2) is 5.43 Å². The molecule has 3 aromatic rings. The van der Waals surface area contributed by atoms with Gasteiger partial charge in [0.15, 0.2) is 18.1 Å². The second-order valence-corrected chi connectivity index (χ2v) is 6.32. The van der Waals surface area contributed by atoms with Gasteiger partial charge in [-0.05, 0) is 53.9 Å². The minimum atomic E-state index is -0.350. The molecule has 154 valence electrons. The van der Waals surface area contributed by atoms with E-state index in [2.05, 4.69) is 10.5 Å². The van der Waals surface area contributed by atoms with Crippen LogP contribution >= 0.6 is 0 Å². The van der Waals surface area contributed by atoms with Crippen molar-refractivity contribution in [1.29, 1.82) is 0 Å². The van der Waals surface area contributed by atoms with E-state index in [-0.39, 0.29) is 12.5 Å². The van der Waals surface area contributed by atoms with Crippen LogP contribution in [0.2, 0.25) is 0 Å². The molecule has 0 heterocycles. The maximum Gasteiger partial charge on any atom is 0.277 e. The normalized spacial score (nSPS) is 10.6. The lowest BCUT2D eigenvalue weighted by molar-refractivity contribution is -0.123. The molecule has 0 aliphatic rings. The first-order chi connectivity index (χ1) is 14.7. The van der Waals surface area contributed by atoms with Crippen LogP contribution in [0.1, 0.15) is 12.5 Å². The molecule has 0 aliphatic heterocycles. The van der Waals surface area contributed by atoms with Crippen LogP contribution in [-0.2, 0) is 4.79 Å². The lowest BCUT2D eigenvalue weighted by Crippen LogP contribution is -2.24. The highest BCUT2D eigenvalue weighted by Crippen LogP contribution is 2.27. The Labute approximate surface area is 176 Å². The Hall–Kier alpha value is -3.80.